The Morgan fingerprint density at radius 1 is 1.30 bits per heavy atom. The van der Waals surface area contributed by atoms with Gasteiger partial charge >= 0.3 is 0 Å². The molecule has 1 aromatic heterocycles. The van der Waals surface area contributed by atoms with Gasteiger partial charge in [-0.25, -0.2) is 22.2 Å². The fourth-order valence-electron chi connectivity index (χ4n) is 2.34. The third kappa shape index (κ3) is 4.68. The van der Waals surface area contributed by atoms with Gasteiger partial charge in [0, 0.05) is 31.8 Å². The number of aromatic nitrogens is 1. The highest BCUT2D eigenvalue weighted by molar-refractivity contribution is 7.90. The average Bonchev–Trinajstić information content (AvgIpc) is 2.48. The van der Waals surface area contributed by atoms with E-state index in [1.54, 1.807) is 0 Å². The van der Waals surface area contributed by atoms with E-state index in [1.807, 2.05) is 0 Å². The molecular formula is C14H18F2N2O4S. The van der Waals surface area contributed by atoms with Crippen LogP contribution in [0, 0.1) is 0 Å². The molecule has 0 atom stereocenters. The number of aliphatic hydroxyl groups is 1. The molecule has 0 bridgehead atoms. The van der Waals surface area contributed by atoms with Crippen LogP contribution in [0.2, 0.25) is 0 Å². The van der Waals surface area contributed by atoms with Crippen molar-refractivity contribution in [1.82, 2.24) is 10.3 Å². The first-order valence-electron chi connectivity index (χ1n) is 7.05. The summed E-state index contributed by atoms with van der Waals surface area (Å²) < 4.78 is 48.7. The average molecular weight is 348 g/mol. The first-order valence-corrected chi connectivity index (χ1v) is 8.95. The molecule has 23 heavy (non-hydrogen) atoms. The van der Waals surface area contributed by atoms with Crippen LogP contribution in [0.15, 0.2) is 23.4 Å². The van der Waals surface area contributed by atoms with Crippen LogP contribution < -0.4 is 5.32 Å². The molecule has 9 heteroatoms. The topological polar surface area (TPSA) is 96.4 Å². The van der Waals surface area contributed by atoms with Gasteiger partial charge in [-0.3, -0.25) is 4.79 Å². The van der Waals surface area contributed by atoms with E-state index in [0.717, 1.165) is 12.5 Å². The van der Waals surface area contributed by atoms with Crippen molar-refractivity contribution in [2.24, 2.45) is 0 Å². The minimum atomic E-state index is -3.45. The Bertz CT molecular complexity index is 679. The van der Waals surface area contributed by atoms with Crippen LogP contribution in [-0.4, -0.2) is 48.7 Å². The fourth-order valence-corrected chi connectivity index (χ4v) is 2.90. The molecular weight excluding hydrogens is 330 g/mol. The number of carbonyl (C=O) groups excluding carboxylic acids is 1. The van der Waals surface area contributed by atoms with E-state index in [4.69, 9.17) is 0 Å². The smallest absolute Gasteiger partial charge is 0.252 e. The summed E-state index contributed by atoms with van der Waals surface area (Å²) >= 11 is 0. The van der Waals surface area contributed by atoms with Gasteiger partial charge in [0.1, 0.15) is 0 Å². The number of pyridine rings is 1. The zero-order chi connectivity index (χ0) is 17.3. The van der Waals surface area contributed by atoms with E-state index in [1.165, 1.54) is 12.1 Å². The number of hydrogen-bond acceptors (Lipinski definition) is 5. The highest BCUT2D eigenvalue weighted by Gasteiger charge is 2.42. The van der Waals surface area contributed by atoms with Gasteiger partial charge in [0.15, 0.2) is 14.9 Å². The molecule has 1 heterocycles. The summed E-state index contributed by atoms with van der Waals surface area (Å²) in [5.74, 6) is -3.31. The summed E-state index contributed by atoms with van der Waals surface area (Å²) in [5, 5.41) is 12.5. The van der Waals surface area contributed by atoms with Crippen LogP contribution in [0.1, 0.15) is 36.0 Å². The number of amides is 1. The maximum absolute atomic E-state index is 13.1. The molecule has 1 fully saturated rings. The lowest BCUT2D eigenvalue weighted by Gasteiger charge is -2.35. The Balaban J connectivity index is 1.95. The summed E-state index contributed by atoms with van der Waals surface area (Å²) in [5.41, 5.74) is -1.22. The number of alkyl halides is 2. The third-order valence-corrected chi connectivity index (χ3v) is 4.87. The Hall–Kier alpha value is -1.61. The van der Waals surface area contributed by atoms with Crippen LogP contribution in [0.25, 0.3) is 0 Å². The molecule has 0 aliphatic heterocycles. The quantitative estimate of drug-likeness (QED) is 0.851. The minimum Gasteiger partial charge on any atom is -0.388 e. The molecule has 0 aromatic carbocycles. The van der Waals surface area contributed by atoms with Crippen molar-refractivity contribution in [1.29, 1.82) is 0 Å². The van der Waals surface area contributed by atoms with Gasteiger partial charge in [0.25, 0.3) is 5.91 Å². The molecule has 2 rings (SSSR count). The SMILES string of the molecule is CS(=O)(=O)c1ccc(C(=O)NCC2(O)CCC(F)(F)CC2)cn1. The zero-order valence-electron chi connectivity index (χ0n) is 12.6. The van der Waals surface area contributed by atoms with Gasteiger partial charge in [-0.2, -0.15) is 0 Å². The molecule has 1 amide bonds. The van der Waals surface area contributed by atoms with E-state index in [2.05, 4.69) is 10.3 Å². The summed E-state index contributed by atoms with van der Waals surface area (Å²) in [4.78, 5) is 15.6. The van der Waals surface area contributed by atoms with Crippen molar-refractivity contribution in [2.45, 2.75) is 42.2 Å². The molecule has 2 N–H and O–H groups in total. The van der Waals surface area contributed by atoms with E-state index in [0.29, 0.717) is 0 Å². The van der Waals surface area contributed by atoms with Crippen LogP contribution in [0.3, 0.4) is 0 Å². The molecule has 0 radical (unpaired) electrons. The van der Waals surface area contributed by atoms with Gasteiger partial charge in [-0.15, -0.1) is 0 Å². The largest absolute Gasteiger partial charge is 0.388 e. The van der Waals surface area contributed by atoms with Gasteiger partial charge < -0.3 is 10.4 Å². The first kappa shape index (κ1) is 17.7. The number of halogens is 2. The van der Waals surface area contributed by atoms with Gasteiger partial charge in [-0.1, -0.05) is 0 Å². The third-order valence-electron chi connectivity index (χ3n) is 3.87. The number of sulfone groups is 1. The Labute approximate surface area is 132 Å². The number of nitrogens with one attached hydrogen (secondary N) is 1. The summed E-state index contributed by atoms with van der Waals surface area (Å²) in [6.45, 7) is -0.143. The Morgan fingerprint density at radius 3 is 2.39 bits per heavy atom. The maximum Gasteiger partial charge on any atom is 0.252 e. The number of rotatable bonds is 4. The molecule has 1 aliphatic carbocycles. The summed E-state index contributed by atoms with van der Waals surface area (Å²) in [6.07, 6.45) is 1.11. The molecule has 1 aromatic rings. The van der Waals surface area contributed by atoms with E-state index in [9.17, 15) is 27.1 Å². The predicted octanol–water partition coefficient (Wildman–Crippen LogP) is 1.16. The van der Waals surface area contributed by atoms with Crippen LogP contribution in [0.5, 0.6) is 0 Å². The number of nitrogens with zero attached hydrogens (tertiary/aromatic N) is 1. The minimum absolute atomic E-state index is 0.0917. The summed E-state index contributed by atoms with van der Waals surface area (Å²) in [7, 11) is -3.45. The lowest BCUT2D eigenvalue weighted by Crippen LogP contribution is -2.47. The van der Waals surface area contributed by atoms with Crippen LogP contribution >= 0.6 is 0 Å². The van der Waals surface area contributed by atoms with E-state index in [-0.39, 0.29) is 30.0 Å². The molecule has 6 nitrogen and oxygen atoms in total. The van der Waals surface area contributed by atoms with Crippen molar-refractivity contribution in [2.75, 3.05) is 12.8 Å². The molecule has 0 unspecified atom stereocenters. The molecule has 0 spiro atoms. The normalized spacial score (nSPS) is 20.0. The summed E-state index contributed by atoms with van der Waals surface area (Å²) in [6, 6.07) is 2.51. The monoisotopic (exact) mass is 348 g/mol. The Kier molecular flexibility index (Phi) is 4.72. The van der Waals surface area contributed by atoms with E-state index >= 15 is 0 Å². The van der Waals surface area contributed by atoms with Crippen LogP contribution in [0.4, 0.5) is 8.78 Å². The molecule has 1 saturated carbocycles. The standard InChI is InChI=1S/C14H18F2N2O4S/c1-23(21,22)11-3-2-10(8-17-11)12(19)18-9-13(20)4-6-14(15,16)7-5-13/h2-3,8,20H,4-7,9H2,1H3,(H,18,19). The first-order chi connectivity index (χ1) is 10.5. The maximum atomic E-state index is 13.1. The van der Waals surface area contributed by atoms with Crippen molar-refractivity contribution in [3.8, 4) is 0 Å². The van der Waals surface area contributed by atoms with Crippen LogP contribution in [-0.2, 0) is 9.84 Å². The van der Waals surface area contributed by atoms with Crippen molar-refractivity contribution < 1.29 is 27.1 Å². The Morgan fingerprint density at radius 2 is 1.91 bits per heavy atom. The second-order valence-corrected chi connectivity index (χ2v) is 7.88. The second kappa shape index (κ2) is 6.12. The lowest BCUT2D eigenvalue weighted by molar-refractivity contribution is -0.101. The highest BCUT2D eigenvalue weighted by atomic mass is 32.2. The van der Waals surface area contributed by atoms with Gasteiger partial charge in [0.2, 0.25) is 5.92 Å². The predicted molar refractivity (Wildman–Crippen MR) is 78.0 cm³/mol. The van der Waals surface area contributed by atoms with Crippen molar-refractivity contribution in [3.63, 3.8) is 0 Å². The number of carbonyl (C=O) groups is 1. The molecule has 1 aliphatic rings. The lowest BCUT2D eigenvalue weighted by atomic mass is 9.82. The highest BCUT2D eigenvalue weighted by Crippen LogP contribution is 2.38. The van der Waals surface area contributed by atoms with Crippen molar-refractivity contribution >= 4 is 15.7 Å². The van der Waals surface area contributed by atoms with Gasteiger partial charge in [-0.05, 0) is 25.0 Å². The van der Waals surface area contributed by atoms with Crippen molar-refractivity contribution in [3.05, 3.63) is 23.9 Å². The molecule has 0 saturated heterocycles. The van der Waals surface area contributed by atoms with Gasteiger partial charge in [0.05, 0.1) is 11.2 Å². The second-order valence-electron chi connectivity index (χ2n) is 5.92. The van der Waals surface area contributed by atoms with E-state index < -0.39 is 40.1 Å². The zero-order valence-corrected chi connectivity index (χ0v) is 13.4. The molecule has 128 valence electrons. The number of hydrogen-bond donors (Lipinski definition) is 2. The fraction of sp³-hybridized carbons (Fsp3) is 0.571.